The first-order chi connectivity index (χ1) is 12.8. The lowest BCUT2D eigenvalue weighted by molar-refractivity contribution is -0.113. The van der Waals surface area contributed by atoms with Crippen molar-refractivity contribution < 1.29 is 14.3 Å². The average molecular weight is 390 g/mol. The van der Waals surface area contributed by atoms with Crippen LogP contribution >= 0.6 is 23.5 Å². The van der Waals surface area contributed by atoms with E-state index in [4.69, 9.17) is 9.47 Å². The van der Waals surface area contributed by atoms with Gasteiger partial charge in [0.1, 0.15) is 5.82 Å². The molecule has 1 atom stereocenters. The van der Waals surface area contributed by atoms with Crippen LogP contribution in [0, 0.1) is 0 Å². The molecule has 1 N–H and O–H groups in total. The zero-order chi connectivity index (χ0) is 17.9. The lowest BCUT2D eigenvalue weighted by Crippen LogP contribution is -2.15. The number of para-hydroxylation sites is 1. The molecule has 0 saturated carbocycles. The Labute approximate surface area is 159 Å². The molecule has 0 saturated heterocycles. The Kier molecular flexibility index (Phi) is 5.07. The summed E-state index contributed by atoms with van der Waals surface area (Å²) in [6.45, 7) is 3.01. The summed E-state index contributed by atoms with van der Waals surface area (Å²) in [5, 5.41) is 14.4. The van der Waals surface area contributed by atoms with Gasteiger partial charge in [-0.05, 0) is 24.5 Å². The highest BCUT2D eigenvalue weighted by atomic mass is 32.2. The summed E-state index contributed by atoms with van der Waals surface area (Å²) in [4.78, 5) is 12.3. The van der Waals surface area contributed by atoms with Gasteiger partial charge in [-0.2, -0.15) is 0 Å². The van der Waals surface area contributed by atoms with Crippen LogP contribution in [0.1, 0.15) is 18.7 Å². The molecule has 9 heteroatoms. The third kappa shape index (κ3) is 3.41. The van der Waals surface area contributed by atoms with Crippen molar-refractivity contribution in [1.29, 1.82) is 0 Å². The predicted octanol–water partition coefficient (Wildman–Crippen LogP) is 3.10. The van der Waals surface area contributed by atoms with Gasteiger partial charge in [0.15, 0.2) is 16.7 Å². The maximum absolute atomic E-state index is 12.3. The number of allylic oxidation sites excluding steroid dienone is 1. The van der Waals surface area contributed by atoms with E-state index in [9.17, 15) is 4.79 Å². The molecule has 0 bridgehead atoms. The molecule has 2 aliphatic heterocycles. The van der Waals surface area contributed by atoms with Crippen molar-refractivity contribution in [2.75, 3.05) is 23.6 Å². The number of carbonyl (C=O) groups excluding carboxylic acids is 1. The maximum Gasteiger partial charge on any atom is 0.234 e. The molecule has 0 radical (unpaired) electrons. The number of anilines is 1. The minimum absolute atomic E-state index is 0.123. The number of fused-ring (bicyclic) bond motifs is 1. The van der Waals surface area contributed by atoms with Crippen LogP contribution in [0.15, 0.2) is 34.8 Å². The van der Waals surface area contributed by atoms with Gasteiger partial charge in [-0.25, -0.2) is 0 Å². The van der Waals surface area contributed by atoms with E-state index in [1.807, 2.05) is 12.1 Å². The van der Waals surface area contributed by atoms with E-state index in [0.717, 1.165) is 23.3 Å². The van der Waals surface area contributed by atoms with Crippen LogP contribution in [-0.4, -0.2) is 39.0 Å². The largest absolute Gasteiger partial charge is 0.454 e. The van der Waals surface area contributed by atoms with Crippen molar-refractivity contribution >= 4 is 35.1 Å². The second-order valence-corrected chi connectivity index (χ2v) is 7.61. The van der Waals surface area contributed by atoms with Crippen LogP contribution in [0.2, 0.25) is 0 Å². The fourth-order valence-electron chi connectivity index (χ4n) is 2.85. The quantitative estimate of drug-likeness (QED) is 0.759. The van der Waals surface area contributed by atoms with Crippen molar-refractivity contribution in [3.05, 3.63) is 35.5 Å². The van der Waals surface area contributed by atoms with Gasteiger partial charge in [0.05, 0.1) is 11.4 Å². The predicted molar refractivity (Wildman–Crippen MR) is 102 cm³/mol. The molecule has 26 heavy (non-hydrogen) atoms. The van der Waals surface area contributed by atoms with Crippen molar-refractivity contribution in [1.82, 2.24) is 14.8 Å². The zero-order valence-electron chi connectivity index (χ0n) is 14.2. The second kappa shape index (κ2) is 7.63. The minimum Gasteiger partial charge on any atom is -0.454 e. The van der Waals surface area contributed by atoms with E-state index in [2.05, 4.69) is 38.5 Å². The van der Waals surface area contributed by atoms with E-state index >= 15 is 0 Å². The summed E-state index contributed by atoms with van der Waals surface area (Å²) in [6, 6.07) is 5.43. The Morgan fingerprint density at radius 2 is 2.35 bits per heavy atom. The van der Waals surface area contributed by atoms with Crippen molar-refractivity contribution in [3.8, 4) is 11.5 Å². The number of hydrogen-bond donors (Lipinski definition) is 1. The molecule has 1 unspecified atom stereocenters. The molecule has 2 aliphatic rings. The SMILES string of the molecule is CCn1c(SCC(=O)Nc2cccc3c2OCO3)nnc1C1C=CSC1. The van der Waals surface area contributed by atoms with Gasteiger partial charge in [0.2, 0.25) is 12.7 Å². The van der Waals surface area contributed by atoms with Crippen LogP contribution in [0.4, 0.5) is 5.69 Å². The van der Waals surface area contributed by atoms with Gasteiger partial charge in [0.25, 0.3) is 0 Å². The molecule has 1 aromatic heterocycles. The molecule has 2 aromatic rings. The van der Waals surface area contributed by atoms with Gasteiger partial charge in [-0.3, -0.25) is 4.79 Å². The molecular weight excluding hydrogens is 372 g/mol. The van der Waals surface area contributed by atoms with Crippen LogP contribution in [0.5, 0.6) is 11.5 Å². The van der Waals surface area contributed by atoms with Gasteiger partial charge >= 0.3 is 0 Å². The molecule has 136 valence electrons. The number of nitrogens with zero attached hydrogens (tertiary/aromatic N) is 3. The number of carbonyl (C=O) groups is 1. The van der Waals surface area contributed by atoms with Crippen molar-refractivity contribution in [2.24, 2.45) is 0 Å². The van der Waals surface area contributed by atoms with Crippen LogP contribution in [0.25, 0.3) is 0 Å². The van der Waals surface area contributed by atoms with Crippen molar-refractivity contribution in [3.63, 3.8) is 0 Å². The highest BCUT2D eigenvalue weighted by molar-refractivity contribution is 8.02. The Bertz CT molecular complexity index is 853. The van der Waals surface area contributed by atoms with E-state index in [-0.39, 0.29) is 18.5 Å². The molecule has 7 nitrogen and oxygen atoms in total. The molecule has 1 amide bonds. The van der Waals surface area contributed by atoms with E-state index in [1.165, 1.54) is 11.8 Å². The second-order valence-electron chi connectivity index (χ2n) is 5.73. The van der Waals surface area contributed by atoms with Crippen LogP contribution in [0.3, 0.4) is 0 Å². The van der Waals surface area contributed by atoms with Crippen LogP contribution < -0.4 is 14.8 Å². The summed E-state index contributed by atoms with van der Waals surface area (Å²) in [5.41, 5.74) is 0.622. The van der Waals surface area contributed by atoms with Gasteiger partial charge < -0.3 is 19.4 Å². The molecule has 3 heterocycles. The van der Waals surface area contributed by atoms with E-state index in [0.29, 0.717) is 23.1 Å². The number of thioether (sulfide) groups is 2. The minimum atomic E-state index is -0.123. The number of rotatable bonds is 6. The summed E-state index contributed by atoms with van der Waals surface area (Å²) < 4.78 is 12.8. The lowest BCUT2D eigenvalue weighted by atomic mass is 10.2. The summed E-state index contributed by atoms with van der Waals surface area (Å²) in [6.07, 6.45) is 2.15. The zero-order valence-corrected chi connectivity index (χ0v) is 15.8. The normalized spacial score (nSPS) is 17.7. The number of amides is 1. The topological polar surface area (TPSA) is 78.3 Å². The number of ether oxygens (including phenoxy) is 2. The molecule has 0 spiro atoms. The Morgan fingerprint density at radius 1 is 1.42 bits per heavy atom. The average Bonchev–Trinajstić information content (AvgIpc) is 3.38. The fraction of sp³-hybridized carbons (Fsp3) is 0.353. The highest BCUT2D eigenvalue weighted by Gasteiger charge is 2.22. The number of nitrogens with one attached hydrogen (secondary N) is 1. The van der Waals surface area contributed by atoms with Gasteiger partial charge in [-0.1, -0.05) is 23.9 Å². The highest BCUT2D eigenvalue weighted by Crippen LogP contribution is 2.39. The molecule has 0 aliphatic carbocycles. The number of hydrogen-bond acceptors (Lipinski definition) is 7. The third-order valence-electron chi connectivity index (χ3n) is 4.08. The first kappa shape index (κ1) is 17.3. The lowest BCUT2D eigenvalue weighted by Gasteiger charge is -2.11. The molecular formula is C17H18N4O3S2. The first-order valence-electron chi connectivity index (χ1n) is 8.29. The number of aromatic nitrogens is 3. The van der Waals surface area contributed by atoms with Crippen molar-refractivity contribution in [2.45, 2.75) is 24.5 Å². The van der Waals surface area contributed by atoms with Gasteiger partial charge in [0, 0.05) is 18.2 Å². The fourth-order valence-corrected chi connectivity index (χ4v) is 4.54. The summed E-state index contributed by atoms with van der Waals surface area (Å²) in [5.74, 6) is 3.59. The van der Waals surface area contributed by atoms with E-state index in [1.54, 1.807) is 17.8 Å². The third-order valence-corrected chi connectivity index (χ3v) is 5.95. The Morgan fingerprint density at radius 3 is 3.15 bits per heavy atom. The van der Waals surface area contributed by atoms with Crippen LogP contribution in [-0.2, 0) is 11.3 Å². The molecule has 0 fully saturated rings. The Hall–Kier alpha value is -2.13. The Balaban J connectivity index is 1.41. The molecule has 4 rings (SSSR count). The monoisotopic (exact) mass is 390 g/mol. The summed E-state index contributed by atoms with van der Waals surface area (Å²) >= 11 is 3.17. The maximum atomic E-state index is 12.3. The number of benzene rings is 1. The van der Waals surface area contributed by atoms with E-state index < -0.39 is 0 Å². The standard InChI is InChI=1S/C17H18N4O3S2/c1-2-21-16(11-6-7-25-8-11)19-20-17(21)26-9-14(22)18-12-4-3-5-13-15(12)24-10-23-13/h3-7,11H,2,8-10H2,1H3,(H,18,22). The smallest absolute Gasteiger partial charge is 0.234 e. The summed E-state index contributed by atoms with van der Waals surface area (Å²) in [7, 11) is 0. The molecule has 1 aromatic carbocycles. The van der Waals surface area contributed by atoms with Gasteiger partial charge in [-0.15, -0.1) is 22.0 Å². The first-order valence-corrected chi connectivity index (χ1v) is 10.3.